The predicted molar refractivity (Wildman–Crippen MR) is 71.3 cm³/mol. The Morgan fingerprint density at radius 1 is 1.12 bits per heavy atom. The topological polar surface area (TPSA) is 17.1 Å². The van der Waals surface area contributed by atoms with Crippen molar-refractivity contribution in [2.24, 2.45) is 0 Å². The van der Waals surface area contributed by atoms with Crippen molar-refractivity contribution < 1.29 is 4.79 Å². The average Bonchev–Trinajstić information content (AvgIpc) is 2.24. The largest absolute Gasteiger partial charge is 0.294 e. The van der Waals surface area contributed by atoms with Crippen LogP contribution < -0.4 is 0 Å². The molecule has 16 heavy (non-hydrogen) atoms. The van der Waals surface area contributed by atoms with E-state index >= 15 is 0 Å². The van der Waals surface area contributed by atoms with Crippen LogP contribution in [0.5, 0.6) is 0 Å². The number of ketones is 1. The summed E-state index contributed by atoms with van der Waals surface area (Å²) in [6, 6.07) is 0. The van der Waals surface area contributed by atoms with Crippen LogP contribution in [0.4, 0.5) is 0 Å². The molecular weight excluding hydrogens is 196 g/mol. The zero-order chi connectivity index (χ0) is 12.7. The van der Waals surface area contributed by atoms with E-state index in [1.54, 1.807) is 12.2 Å². The van der Waals surface area contributed by atoms with Crippen LogP contribution >= 0.6 is 0 Å². The van der Waals surface area contributed by atoms with E-state index in [1.165, 1.54) is 0 Å². The standard InChI is InChI=1S/C15H20O/c1-7-10-15(16)14(9-3)13(8-2)12(6)11(4)5/h8-9H,2-4,6-7,10H2,1,5H3/b14-13-. The lowest BCUT2D eigenvalue weighted by molar-refractivity contribution is -0.115. The maximum atomic E-state index is 11.9. The Morgan fingerprint density at radius 3 is 1.94 bits per heavy atom. The molecule has 0 aromatic carbocycles. The number of carbonyl (C=O) groups is 1. The molecule has 0 aromatic heterocycles. The van der Waals surface area contributed by atoms with Crippen molar-refractivity contribution >= 4 is 5.78 Å². The van der Waals surface area contributed by atoms with Crippen molar-refractivity contribution in [2.45, 2.75) is 26.7 Å². The lowest BCUT2D eigenvalue weighted by atomic mass is 9.93. The average molecular weight is 216 g/mol. The van der Waals surface area contributed by atoms with E-state index in [2.05, 4.69) is 26.3 Å². The third kappa shape index (κ3) is 3.50. The van der Waals surface area contributed by atoms with E-state index in [1.807, 2.05) is 13.8 Å². The van der Waals surface area contributed by atoms with Crippen molar-refractivity contribution in [1.29, 1.82) is 0 Å². The van der Waals surface area contributed by atoms with Gasteiger partial charge in [-0.1, -0.05) is 51.0 Å². The summed E-state index contributed by atoms with van der Waals surface area (Å²) in [5, 5.41) is 0. The SMILES string of the molecule is C=C/C(C(=C)C(=C)C)=C(\C=C)C(=O)CCC. The summed E-state index contributed by atoms with van der Waals surface area (Å²) < 4.78 is 0. The molecule has 1 heteroatoms. The number of hydrogen-bond acceptors (Lipinski definition) is 1. The minimum atomic E-state index is 0.0785. The van der Waals surface area contributed by atoms with E-state index in [9.17, 15) is 4.79 Å². The molecular formula is C15H20O. The van der Waals surface area contributed by atoms with Gasteiger partial charge in [-0.2, -0.15) is 0 Å². The highest BCUT2D eigenvalue weighted by Crippen LogP contribution is 2.22. The maximum absolute atomic E-state index is 11.9. The lowest BCUT2D eigenvalue weighted by Gasteiger charge is -2.10. The van der Waals surface area contributed by atoms with Crippen molar-refractivity contribution in [3.63, 3.8) is 0 Å². The van der Waals surface area contributed by atoms with Crippen molar-refractivity contribution in [2.75, 3.05) is 0 Å². The van der Waals surface area contributed by atoms with E-state index < -0.39 is 0 Å². The van der Waals surface area contributed by atoms with Crippen molar-refractivity contribution in [3.8, 4) is 0 Å². The molecule has 0 amide bonds. The third-order valence-electron chi connectivity index (χ3n) is 2.32. The fraction of sp³-hybridized carbons (Fsp3) is 0.267. The summed E-state index contributed by atoms with van der Waals surface area (Å²) in [5.41, 5.74) is 2.90. The van der Waals surface area contributed by atoms with Gasteiger partial charge in [-0.25, -0.2) is 0 Å². The number of Topliss-reactive ketones (excluding diaryl/α,β-unsaturated/α-hetero) is 1. The Hall–Kier alpha value is -1.63. The molecule has 0 radical (unpaired) electrons. The molecule has 0 aromatic rings. The molecule has 0 bridgehead atoms. The molecule has 0 heterocycles. The molecule has 0 rings (SSSR count). The molecule has 0 saturated carbocycles. The smallest absolute Gasteiger partial charge is 0.163 e. The first-order valence-corrected chi connectivity index (χ1v) is 5.37. The zero-order valence-corrected chi connectivity index (χ0v) is 10.3. The molecule has 0 atom stereocenters. The van der Waals surface area contributed by atoms with Crippen LogP contribution in [0, 0.1) is 0 Å². The Kier molecular flexibility index (Phi) is 6.09. The minimum Gasteiger partial charge on any atom is -0.294 e. The van der Waals surface area contributed by atoms with Gasteiger partial charge in [-0.05, 0) is 24.5 Å². The van der Waals surface area contributed by atoms with Gasteiger partial charge in [0, 0.05) is 12.0 Å². The molecule has 0 aliphatic carbocycles. The maximum Gasteiger partial charge on any atom is 0.163 e. The highest BCUT2D eigenvalue weighted by atomic mass is 16.1. The molecule has 0 spiro atoms. The van der Waals surface area contributed by atoms with E-state index in [0.29, 0.717) is 12.0 Å². The fourth-order valence-electron chi connectivity index (χ4n) is 1.36. The Balaban J connectivity index is 5.46. The number of rotatable bonds is 7. The number of hydrogen-bond donors (Lipinski definition) is 0. The molecule has 0 unspecified atom stereocenters. The molecule has 0 N–H and O–H groups in total. The molecule has 0 saturated heterocycles. The lowest BCUT2D eigenvalue weighted by Crippen LogP contribution is -2.04. The predicted octanol–water partition coefficient (Wildman–Crippen LogP) is 4.16. The molecule has 0 aliphatic heterocycles. The van der Waals surface area contributed by atoms with Crippen LogP contribution in [-0.4, -0.2) is 5.78 Å². The quantitative estimate of drug-likeness (QED) is 0.461. The second kappa shape index (κ2) is 6.78. The van der Waals surface area contributed by atoms with Gasteiger partial charge in [0.25, 0.3) is 0 Å². The normalized spacial score (nSPS) is 11.4. The van der Waals surface area contributed by atoms with Crippen LogP contribution in [0.2, 0.25) is 0 Å². The van der Waals surface area contributed by atoms with Crippen molar-refractivity contribution in [3.05, 3.63) is 60.8 Å². The van der Waals surface area contributed by atoms with Crippen LogP contribution in [0.1, 0.15) is 26.7 Å². The summed E-state index contributed by atoms with van der Waals surface area (Å²) in [4.78, 5) is 11.9. The second-order valence-electron chi connectivity index (χ2n) is 3.67. The van der Waals surface area contributed by atoms with Gasteiger partial charge in [0.05, 0.1) is 0 Å². The first-order chi connectivity index (χ1) is 7.49. The molecule has 1 nitrogen and oxygen atoms in total. The summed E-state index contributed by atoms with van der Waals surface area (Å²) >= 11 is 0. The summed E-state index contributed by atoms with van der Waals surface area (Å²) in [5.74, 6) is 0.0785. The van der Waals surface area contributed by atoms with E-state index in [0.717, 1.165) is 23.1 Å². The number of allylic oxidation sites excluding steroid dienone is 6. The van der Waals surface area contributed by atoms with Crippen LogP contribution in [0.25, 0.3) is 0 Å². The highest BCUT2D eigenvalue weighted by Gasteiger charge is 2.12. The first kappa shape index (κ1) is 14.4. The summed E-state index contributed by atoms with van der Waals surface area (Å²) in [7, 11) is 0. The van der Waals surface area contributed by atoms with E-state index in [4.69, 9.17) is 0 Å². The first-order valence-electron chi connectivity index (χ1n) is 5.37. The highest BCUT2D eigenvalue weighted by molar-refractivity contribution is 6.00. The van der Waals surface area contributed by atoms with Gasteiger partial charge >= 0.3 is 0 Å². The minimum absolute atomic E-state index is 0.0785. The van der Waals surface area contributed by atoms with Gasteiger partial charge in [0.2, 0.25) is 0 Å². The van der Waals surface area contributed by atoms with Gasteiger partial charge in [0.15, 0.2) is 5.78 Å². The van der Waals surface area contributed by atoms with Crippen LogP contribution in [0.15, 0.2) is 60.8 Å². The summed E-state index contributed by atoms with van der Waals surface area (Å²) in [6.07, 6.45) is 4.55. The van der Waals surface area contributed by atoms with Crippen molar-refractivity contribution in [1.82, 2.24) is 0 Å². The Labute approximate surface area is 98.6 Å². The number of carbonyl (C=O) groups excluding carboxylic acids is 1. The molecule has 0 fully saturated rings. The molecule has 0 aliphatic rings. The monoisotopic (exact) mass is 216 g/mol. The van der Waals surface area contributed by atoms with Gasteiger partial charge in [0.1, 0.15) is 0 Å². The Bertz CT molecular complexity index is 367. The molecule has 86 valence electrons. The zero-order valence-electron chi connectivity index (χ0n) is 10.3. The third-order valence-corrected chi connectivity index (χ3v) is 2.32. The van der Waals surface area contributed by atoms with Gasteiger partial charge in [-0.15, -0.1) is 0 Å². The van der Waals surface area contributed by atoms with Gasteiger partial charge in [-0.3, -0.25) is 4.79 Å². The van der Waals surface area contributed by atoms with E-state index in [-0.39, 0.29) is 5.78 Å². The van der Waals surface area contributed by atoms with Crippen LogP contribution in [0.3, 0.4) is 0 Å². The van der Waals surface area contributed by atoms with Crippen LogP contribution in [-0.2, 0) is 4.79 Å². The second-order valence-corrected chi connectivity index (χ2v) is 3.67. The van der Waals surface area contributed by atoms with Gasteiger partial charge < -0.3 is 0 Å². The fourth-order valence-corrected chi connectivity index (χ4v) is 1.36. The summed E-state index contributed by atoms with van der Waals surface area (Å²) in [6.45, 7) is 19.0. The Morgan fingerprint density at radius 2 is 1.62 bits per heavy atom.